The highest BCUT2D eigenvalue weighted by molar-refractivity contribution is 5.42. The minimum atomic E-state index is -0.388. The van der Waals surface area contributed by atoms with Gasteiger partial charge >= 0.3 is 0 Å². The lowest BCUT2D eigenvalue weighted by Crippen LogP contribution is -2.26. The monoisotopic (exact) mass is 208 g/mol. The highest BCUT2D eigenvalue weighted by atomic mass is 16.6. The third-order valence-corrected chi connectivity index (χ3v) is 2.40. The van der Waals surface area contributed by atoms with Gasteiger partial charge in [-0.25, -0.2) is 0 Å². The normalized spacial score (nSPS) is 13.6. The summed E-state index contributed by atoms with van der Waals surface area (Å²) in [6.07, 6.45) is 0. The van der Waals surface area contributed by atoms with Crippen LogP contribution in [0.1, 0.15) is 32.4 Å². The summed E-state index contributed by atoms with van der Waals surface area (Å²) in [6.45, 7) is 5.90. The smallest absolute Gasteiger partial charge is 0.274 e. The van der Waals surface area contributed by atoms with Crippen molar-refractivity contribution in [2.24, 2.45) is 11.1 Å². The van der Waals surface area contributed by atoms with Crippen molar-refractivity contribution in [1.82, 2.24) is 0 Å². The molecule has 0 saturated heterocycles. The van der Waals surface area contributed by atoms with Gasteiger partial charge in [0.2, 0.25) is 0 Å². The second kappa shape index (κ2) is 3.98. The van der Waals surface area contributed by atoms with E-state index in [-0.39, 0.29) is 22.1 Å². The van der Waals surface area contributed by atoms with E-state index in [4.69, 9.17) is 5.73 Å². The Labute approximate surface area is 89.2 Å². The van der Waals surface area contributed by atoms with Crippen LogP contribution in [0.25, 0.3) is 0 Å². The van der Waals surface area contributed by atoms with Crippen LogP contribution < -0.4 is 5.73 Å². The zero-order valence-electron chi connectivity index (χ0n) is 9.23. The number of hydrogen-bond acceptors (Lipinski definition) is 3. The molecular weight excluding hydrogens is 192 g/mol. The second-order valence-electron chi connectivity index (χ2n) is 4.66. The summed E-state index contributed by atoms with van der Waals surface area (Å²) < 4.78 is 0. The Bertz CT molecular complexity index is 369. The van der Waals surface area contributed by atoms with E-state index in [2.05, 4.69) is 0 Å². The molecule has 0 unspecified atom stereocenters. The molecule has 0 amide bonds. The lowest BCUT2D eigenvalue weighted by Gasteiger charge is -2.26. The van der Waals surface area contributed by atoms with Gasteiger partial charge in [-0.3, -0.25) is 10.1 Å². The van der Waals surface area contributed by atoms with Crippen molar-refractivity contribution in [3.8, 4) is 0 Å². The number of nitrogens with zero attached hydrogens (tertiary/aromatic N) is 1. The molecule has 0 aliphatic carbocycles. The molecule has 0 aliphatic rings. The summed E-state index contributed by atoms with van der Waals surface area (Å²) in [5.41, 5.74) is 6.51. The molecule has 0 spiro atoms. The molecule has 0 radical (unpaired) electrons. The van der Waals surface area contributed by atoms with E-state index in [1.165, 1.54) is 6.07 Å². The van der Waals surface area contributed by atoms with Crippen molar-refractivity contribution in [3.63, 3.8) is 0 Å². The van der Waals surface area contributed by atoms with Crippen LogP contribution in [0.15, 0.2) is 24.3 Å². The SMILES string of the molecule is CC(C)(C)[C@@H](N)c1ccccc1[N+](=O)[O-]. The predicted octanol–water partition coefficient (Wildman–Crippen LogP) is 2.64. The van der Waals surface area contributed by atoms with Gasteiger partial charge in [0.1, 0.15) is 0 Å². The molecule has 0 heterocycles. The first-order valence-corrected chi connectivity index (χ1v) is 4.83. The molecular formula is C11H16N2O2. The summed E-state index contributed by atoms with van der Waals surface area (Å²) in [7, 11) is 0. The van der Waals surface area contributed by atoms with Gasteiger partial charge in [0.05, 0.1) is 4.92 Å². The van der Waals surface area contributed by atoms with E-state index >= 15 is 0 Å². The number of benzene rings is 1. The van der Waals surface area contributed by atoms with Crippen molar-refractivity contribution in [2.75, 3.05) is 0 Å². The van der Waals surface area contributed by atoms with Crippen molar-refractivity contribution < 1.29 is 4.92 Å². The van der Waals surface area contributed by atoms with Gasteiger partial charge in [-0.2, -0.15) is 0 Å². The van der Waals surface area contributed by atoms with Crippen LogP contribution in [-0.2, 0) is 0 Å². The van der Waals surface area contributed by atoms with Gasteiger partial charge < -0.3 is 5.73 Å². The Balaban J connectivity index is 3.19. The van der Waals surface area contributed by atoms with Crippen LogP contribution in [-0.4, -0.2) is 4.92 Å². The number of hydrogen-bond donors (Lipinski definition) is 1. The molecule has 0 fully saturated rings. The van der Waals surface area contributed by atoms with Crippen LogP contribution in [0.2, 0.25) is 0 Å². The summed E-state index contributed by atoms with van der Waals surface area (Å²) in [5, 5.41) is 10.8. The topological polar surface area (TPSA) is 69.2 Å². The summed E-state index contributed by atoms with van der Waals surface area (Å²) >= 11 is 0. The molecule has 0 aliphatic heterocycles. The first kappa shape index (κ1) is 11.7. The summed E-state index contributed by atoms with van der Waals surface area (Å²) in [5.74, 6) is 0. The molecule has 0 bridgehead atoms. The van der Waals surface area contributed by atoms with E-state index in [1.807, 2.05) is 20.8 Å². The van der Waals surface area contributed by atoms with Crippen molar-refractivity contribution >= 4 is 5.69 Å². The number of nitro groups is 1. The van der Waals surface area contributed by atoms with Crippen molar-refractivity contribution in [3.05, 3.63) is 39.9 Å². The van der Waals surface area contributed by atoms with Gasteiger partial charge in [-0.05, 0) is 5.41 Å². The van der Waals surface area contributed by atoms with Crippen LogP contribution in [0, 0.1) is 15.5 Å². The molecule has 0 aromatic heterocycles. The third kappa shape index (κ3) is 2.53. The minimum Gasteiger partial charge on any atom is -0.323 e. The first-order chi connectivity index (χ1) is 6.84. The van der Waals surface area contributed by atoms with Gasteiger partial charge in [0, 0.05) is 17.7 Å². The average Bonchev–Trinajstić information content (AvgIpc) is 2.15. The number of nitrogens with two attached hydrogens (primary N) is 1. The van der Waals surface area contributed by atoms with E-state index in [9.17, 15) is 10.1 Å². The van der Waals surface area contributed by atoms with E-state index in [0.29, 0.717) is 5.56 Å². The number of rotatable bonds is 2. The zero-order chi connectivity index (χ0) is 11.6. The molecule has 1 aromatic rings. The predicted molar refractivity (Wildman–Crippen MR) is 59.5 cm³/mol. The van der Waals surface area contributed by atoms with Crippen LogP contribution in [0.4, 0.5) is 5.69 Å². The highest BCUT2D eigenvalue weighted by Gasteiger charge is 2.27. The first-order valence-electron chi connectivity index (χ1n) is 4.83. The van der Waals surface area contributed by atoms with Crippen molar-refractivity contribution in [2.45, 2.75) is 26.8 Å². The average molecular weight is 208 g/mol. The third-order valence-electron chi connectivity index (χ3n) is 2.40. The number of para-hydroxylation sites is 1. The zero-order valence-corrected chi connectivity index (χ0v) is 9.23. The summed E-state index contributed by atoms with van der Waals surface area (Å²) in [6, 6.07) is 6.29. The van der Waals surface area contributed by atoms with Gasteiger partial charge in [0.15, 0.2) is 0 Å². The minimum absolute atomic E-state index is 0.0972. The maximum absolute atomic E-state index is 10.8. The summed E-state index contributed by atoms with van der Waals surface area (Å²) in [4.78, 5) is 10.4. The molecule has 4 nitrogen and oxygen atoms in total. The Morgan fingerprint density at radius 2 is 1.87 bits per heavy atom. The molecule has 1 atom stereocenters. The molecule has 2 N–H and O–H groups in total. The highest BCUT2D eigenvalue weighted by Crippen LogP contribution is 2.34. The van der Waals surface area contributed by atoms with Gasteiger partial charge in [-0.15, -0.1) is 0 Å². The second-order valence-corrected chi connectivity index (χ2v) is 4.66. The largest absolute Gasteiger partial charge is 0.323 e. The Morgan fingerprint density at radius 1 is 1.33 bits per heavy atom. The molecule has 0 saturated carbocycles. The van der Waals surface area contributed by atoms with Gasteiger partial charge in [0.25, 0.3) is 5.69 Å². The lowest BCUT2D eigenvalue weighted by molar-refractivity contribution is -0.385. The van der Waals surface area contributed by atoms with Crippen LogP contribution in [0.5, 0.6) is 0 Å². The maximum atomic E-state index is 10.8. The standard InChI is InChI=1S/C11H16N2O2/c1-11(2,3)10(12)8-6-4-5-7-9(8)13(14)15/h4-7,10H,12H2,1-3H3/t10-/m0/s1. The fraction of sp³-hybridized carbons (Fsp3) is 0.455. The van der Waals surface area contributed by atoms with E-state index in [1.54, 1.807) is 18.2 Å². The van der Waals surface area contributed by atoms with E-state index in [0.717, 1.165) is 0 Å². The van der Waals surface area contributed by atoms with Crippen LogP contribution in [0.3, 0.4) is 0 Å². The fourth-order valence-electron chi connectivity index (χ4n) is 1.38. The molecule has 1 rings (SSSR count). The van der Waals surface area contributed by atoms with Crippen molar-refractivity contribution in [1.29, 1.82) is 0 Å². The van der Waals surface area contributed by atoms with Crippen LogP contribution >= 0.6 is 0 Å². The molecule has 15 heavy (non-hydrogen) atoms. The van der Waals surface area contributed by atoms with E-state index < -0.39 is 0 Å². The number of nitro benzene ring substituents is 1. The maximum Gasteiger partial charge on any atom is 0.274 e. The molecule has 4 heteroatoms. The fourth-order valence-corrected chi connectivity index (χ4v) is 1.38. The Hall–Kier alpha value is -1.42. The lowest BCUT2D eigenvalue weighted by atomic mass is 9.82. The molecule has 1 aromatic carbocycles. The van der Waals surface area contributed by atoms with Gasteiger partial charge in [-0.1, -0.05) is 39.0 Å². The Morgan fingerprint density at radius 3 is 2.33 bits per heavy atom. The molecule has 82 valence electrons. The quantitative estimate of drug-likeness (QED) is 0.600. The Kier molecular flexibility index (Phi) is 3.09.